The second kappa shape index (κ2) is 9.25. The Hall–Kier alpha value is 0.790. The average Bonchev–Trinajstić information content (AvgIpc) is 1.41. The fourth-order valence-electron chi connectivity index (χ4n) is 0.0913. The number of aliphatic hydroxyl groups is 1. The molecule has 1 N–H and O–H groups in total. The van der Waals surface area contributed by atoms with E-state index in [9.17, 15) is 0 Å². The summed E-state index contributed by atoms with van der Waals surface area (Å²) in [7, 11) is 0. The van der Waals surface area contributed by atoms with E-state index in [1.165, 1.54) is 0 Å². The molecule has 0 atom stereocenters. The Morgan fingerprint density at radius 1 is 1.67 bits per heavy atom. The van der Waals surface area contributed by atoms with E-state index in [4.69, 9.17) is 5.11 Å². The van der Waals surface area contributed by atoms with Crippen molar-refractivity contribution < 1.29 is 5.11 Å². The number of thioether (sulfide) groups is 1. The minimum atomic E-state index is 0. The van der Waals surface area contributed by atoms with Gasteiger partial charge in [0, 0.05) is 5.75 Å². The zero-order chi connectivity index (χ0) is 4.12. The standard InChI is InChI=1S/C3H8OS.BrH/c1-5-3-2-4;/h4H,2-3H2,1H3;1H. The van der Waals surface area contributed by atoms with Gasteiger partial charge in [-0.1, -0.05) is 0 Å². The SMILES string of the molecule is Br.CSCCO. The lowest BCUT2D eigenvalue weighted by atomic mass is 10.9. The van der Waals surface area contributed by atoms with E-state index in [2.05, 4.69) is 0 Å². The third-order valence-electron chi connectivity index (χ3n) is 0.295. The highest BCUT2D eigenvalue weighted by Crippen LogP contribution is 1.85. The second-order valence-corrected chi connectivity index (χ2v) is 1.70. The first-order chi connectivity index (χ1) is 2.41. The van der Waals surface area contributed by atoms with Gasteiger partial charge in [0.2, 0.25) is 0 Å². The van der Waals surface area contributed by atoms with Crippen molar-refractivity contribution in [2.75, 3.05) is 18.6 Å². The van der Waals surface area contributed by atoms with Crippen LogP contribution in [0.1, 0.15) is 0 Å². The van der Waals surface area contributed by atoms with Crippen molar-refractivity contribution in [2.24, 2.45) is 0 Å². The molecule has 0 saturated carbocycles. The van der Waals surface area contributed by atoms with Crippen LogP contribution in [0.2, 0.25) is 0 Å². The summed E-state index contributed by atoms with van der Waals surface area (Å²) in [5.41, 5.74) is 0. The summed E-state index contributed by atoms with van der Waals surface area (Å²) in [4.78, 5) is 0. The Kier molecular flexibility index (Phi) is 15.3. The summed E-state index contributed by atoms with van der Waals surface area (Å²) in [6.07, 6.45) is 1.97. The molecule has 0 fully saturated rings. The van der Waals surface area contributed by atoms with Gasteiger partial charge in [-0.2, -0.15) is 11.8 Å². The van der Waals surface area contributed by atoms with Crippen molar-refractivity contribution in [1.29, 1.82) is 0 Å². The molecule has 0 saturated heterocycles. The highest BCUT2D eigenvalue weighted by atomic mass is 79.9. The third-order valence-corrected chi connectivity index (χ3v) is 0.886. The van der Waals surface area contributed by atoms with Gasteiger partial charge in [-0.15, -0.1) is 17.0 Å². The van der Waals surface area contributed by atoms with Crippen LogP contribution in [-0.4, -0.2) is 23.7 Å². The molecule has 0 aromatic carbocycles. The first-order valence-electron chi connectivity index (χ1n) is 1.51. The maximum atomic E-state index is 8.05. The molecule has 0 radical (unpaired) electrons. The molecule has 0 bridgehead atoms. The minimum Gasteiger partial charge on any atom is -0.396 e. The van der Waals surface area contributed by atoms with Gasteiger partial charge in [-0.25, -0.2) is 0 Å². The fraction of sp³-hybridized carbons (Fsp3) is 1.00. The number of aliphatic hydroxyl groups excluding tert-OH is 1. The summed E-state index contributed by atoms with van der Waals surface area (Å²) in [5, 5.41) is 8.05. The molecule has 0 aliphatic carbocycles. The molecule has 6 heavy (non-hydrogen) atoms. The zero-order valence-electron chi connectivity index (χ0n) is 3.68. The Morgan fingerprint density at radius 3 is 2.17 bits per heavy atom. The summed E-state index contributed by atoms with van der Waals surface area (Å²) in [5.74, 6) is 0.861. The van der Waals surface area contributed by atoms with Crippen LogP contribution in [-0.2, 0) is 0 Å². The van der Waals surface area contributed by atoms with Gasteiger partial charge >= 0.3 is 0 Å². The summed E-state index contributed by atoms with van der Waals surface area (Å²) in [6, 6.07) is 0. The number of rotatable bonds is 2. The van der Waals surface area contributed by atoms with Crippen LogP contribution in [0.4, 0.5) is 0 Å². The Bertz CT molecular complexity index is 18.3. The van der Waals surface area contributed by atoms with Gasteiger partial charge in [0.1, 0.15) is 0 Å². The molecular formula is C3H9BrOS. The number of hydrogen-bond donors (Lipinski definition) is 1. The summed E-state index contributed by atoms with van der Waals surface area (Å²) >= 11 is 1.65. The molecule has 0 aromatic rings. The van der Waals surface area contributed by atoms with E-state index in [0.717, 1.165) is 5.75 Å². The van der Waals surface area contributed by atoms with Crippen LogP contribution in [0.25, 0.3) is 0 Å². The van der Waals surface area contributed by atoms with Crippen molar-refractivity contribution in [1.82, 2.24) is 0 Å². The second-order valence-electron chi connectivity index (χ2n) is 0.716. The first-order valence-corrected chi connectivity index (χ1v) is 2.91. The molecule has 0 spiro atoms. The van der Waals surface area contributed by atoms with Gasteiger partial charge in [0.05, 0.1) is 6.61 Å². The Balaban J connectivity index is 0. The summed E-state index contributed by atoms with van der Waals surface area (Å²) in [6.45, 7) is 0.307. The van der Waals surface area contributed by atoms with Gasteiger partial charge in [-0.05, 0) is 6.26 Å². The maximum Gasteiger partial charge on any atom is 0.0521 e. The number of hydrogen-bond acceptors (Lipinski definition) is 2. The van der Waals surface area contributed by atoms with Crippen LogP contribution in [0.5, 0.6) is 0 Å². The molecule has 0 rings (SSSR count). The predicted molar refractivity (Wildman–Crippen MR) is 35.8 cm³/mol. The molecule has 0 aliphatic heterocycles. The van der Waals surface area contributed by atoms with E-state index in [1.54, 1.807) is 11.8 Å². The lowest BCUT2D eigenvalue weighted by molar-refractivity contribution is 0.322. The van der Waals surface area contributed by atoms with Gasteiger partial charge in [0.15, 0.2) is 0 Å². The van der Waals surface area contributed by atoms with Crippen molar-refractivity contribution in [3.8, 4) is 0 Å². The molecule has 0 aromatic heterocycles. The minimum absolute atomic E-state index is 0. The van der Waals surface area contributed by atoms with Crippen molar-refractivity contribution in [2.45, 2.75) is 0 Å². The normalized spacial score (nSPS) is 7.00. The third kappa shape index (κ3) is 8.84. The van der Waals surface area contributed by atoms with Crippen LogP contribution in [0.3, 0.4) is 0 Å². The molecule has 0 amide bonds. The molecule has 0 unspecified atom stereocenters. The lowest BCUT2D eigenvalue weighted by Crippen LogP contribution is -1.81. The van der Waals surface area contributed by atoms with Crippen LogP contribution in [0, 0.1) is 0 Å². The van der Waals surface area contributed by atoms with E-state index < -0.39 is 0 Å². The topological polar surface area (TPSA) is 20.2 Å². The van der Waals surface area contributed by atoms with Crippen molar-refractivity contribution in [3.63, 3.8) is 0 Å². The smallest absolute Gasteiger partial charge is 0.0521 e. The largest absolute Gasteiger partial charge is 0.396 e. The first kappa shape index (κ1) is 9.92. The molecule has 40 valence electrons. The van der Waals surface area contributed by atoms with E-state index >= 15 is 0 Å². The average molecular weight is 173 g/mol. The lowest BCUT2D eigenvalue weighted by Gasteiger charge is -1.80. The monoisotopic (exact) mass is 172 g/mol. The predicted octanol–water partition coefficient (Wildman–Crippen LogP) is 0.920. The van der Waals surface area contributed by atoms with Crippen LogP contribution < -0.4 is 0 Å². The molecular weight excluding hydrogens is 164 g/mol. The van der Waals surface area contributed by atoms with Crippen LogP contribution >= 0.6 is 28.7 Å². The van der Waals surface area contributed by atoms with Crippen molar-refractivity contribution in [3.05, 3.63) is 0 Å². The quantitative estimate of drug-likeness (QED) is 0.669. The van der Waals surface area contributed by atoms with Crippen LogP contribution in [0.15, 0.2) is 0 Å². The van der Waals surface area contributed by atoms with Gasteiger partial charge in [-0.3, -0.25) is 0 Å². The van der Waals surface area contributed by atoms with E-state index in [1.807, 2.05) is 6.26 Å². The molecule has 3 heteroatoms. The Labute approximate surface area is 52.9 Å². The highest BCUT2D eigenvalue weighted by molar-refractivity contribution is 8.93. The van der Waals surface area contributed by atoms with Gasteiger partial charge in [0.25, 0.3) is 0 Å². The summed E-state index contributed by atoms with van der Waals surface area (Å²) < 4.78 is 0. The molecule has 0 heterocycles. The zero-order valence-corrected chi connectivity index (χ0v) is 6.21. The van der Waals surface area contributed by atoms with Gasteiger partial charge < -0.3 is 5.11 Å². The van der Waals surface area contributed by atoms with E-state index in [-0.39, 0.29) is 17.0 Å². The van der Waals surface area contributed by atoms with Crippen molar-refractivity contribution >= 4 is 28.7 Å². The fourth-order valence-corrected chi connectivity index (χ4v) is 0.274. The highest BCUT2D eigenvalue weighted by Gasteiger charge is 1.68. The molecule has 1 nitrogen and oxygen atoms in total. The maximum absolute atomic E-state index is 8.05. The number of halogens is 1. The van der Waals surface area contributed by atoms with E-state index in [0.29, 0.717) is 6.61 Å². The Morgan fingerprint density at radius 2 is 2.17 bits per heavy atom. The molecule has 0 aliphatic rings.